The number of amides is 1. The lowest BCUT2D eigenvalue weighted by molar-refractivity contribution is -0.385. The minimum Gasteiger partial charge on any atom is -0.322 e. The molecular formula is C14H10F2N2O5S. The van der Waals surface area contributed by atoms with Gasteiger partial charge in [-0.05, 0) is 18.2 Å². The number of non-ortho nitro benzene ring substituents is 1. The quantitative estimate of drug-likeness (QED) is 0.669. The van der Waals surface area contributed by atoms with Crippen molar-refractivity contribution >= 4 is 27.1 Å². The van der Waals surface area contributed by atoms with Gasteiger partial charge < -0.3 is 5.32 Å². The second kappa shape index (κ2) is 6.32. The summed E-state index contributed by atoms with van der Waals surface area (Å²) in [6.45, 7) is 0. The van der Waals surface area contributed by atoms with Gasteiger partial charge in [-0.2, -0.15) is 0 Å². The number of nitro groups is 1. The zero-order valence-corrected chi connectivity index (χ0v) is 12.9. The smallest absolute Gasteiger partial charge is 0.271 e. The highest BCUT2D eigenvalue weighted by Gasteiger charge is 2.19. The van der Waals surface area contributed by atoms with E-state index in [1.165, 1.54) is 0 Å². The number of halogens is 2. The predicted molar refractivity (Wildman–Crippen MR) is 80.5 cm³/mol. The van der Waals surface area contributed by atoms with Crippen molar-refractivity contribution in [3.05, 3.63) is 63.7 Å². The number of nitro benzene ring substituents is 1. The molecule has 0 heterocycles. The molecule has 0 aliphatic heterocycles. The Bertz CT molecular complexity index is 944. The number of benzene rings is 2. The molecule has 0 aromatic heterocycles. The van der Waals surface area contributed by atoms with Crippen LogP contribution in [0.4, 0.5) is 20.2 Å². The third-order valence-corrected chi connectivity index (χ3v) is 4.06. The average Bonchev–Trinajstić information content (AvgIpc) is 2.49. The number of nitrogens with one attached hydrogen (secondary N) is 1. The van der Waals surface area contributed by atoms with E-state index in [2.05, 4.69) is 5.32 Å². The van der Waals surface area contributed by atoms with E-state index in [1.807, 2.05) is 0 Å². The zero-order valence-electron chi connectivity index (χ0n) is 12.1. The van der Waals surface area contributed by atoms with Gasteiger partial charge in [0.1, 0.15) is 0 Å². The molecule has 10 heteroatoms. The summed E-state index contributed by atoms with van der Waals surface area (Å²) >= 11 is 0. The summed E-state index contributed by atoms with van der Waals surface area (Å²) in [5, 5.41) is 13.1. The van der Waals surface area contributed by atoms with Gasteiger partial charge in [0.2, 0.25) is 0 Å². The molecule has 2 aromatic rings. The van der Waals surface area contributed by atoms with E-state index in [9.17, 15) is 32.1 Å². The van der Waals surface area contributed by atoms with Crippen molar-refractivity contribution < 1.29 is 26.9 Å². The molecule has 126 valence electrons. The molecule has 0 atom stereocenters. The van der Waals surface area contributed by atoms with Crippen LogP contribution in [0.2, 0.25) is 0 Å². The molecule has 0 radical (unpaired) electrons. The van der Waals surface area contributed by atoms with Gasteiger partial charge in [0.25, 0.3) is 11.6 Å². The number of sulfone groups is 1. The molecule has 24 heavy (non-hydrogen) atoms. The topological polar surface area (TPSA) is 106 Å². The third kappa shape index (κ3) is 3.90. The van der Waals surface area contributed by atoms with E-state index in [1.54, 1.807) is 0 Å². The predicted octanol–water partition coefficient (Wildman–Crippen LogP) is 2.53. The van der Waals surface area contributed by atoms with E-state index in [-0.39, 0.29) is 11.3 Å². The van der Waals surface area contributed by atoms with Crippen LogP contribution in [0.5, 0.6) is 0 Å². The van der Waals surface area contributed by atoms with Crippen molar-refractivity contribution in [3.63, 3.8) is 0 Å². The first-order valence-corrected chi connectivity index (χ1v) is 8.23. The van der Waals surface area contributed by atoms with Gasteiger partial charge in [0, 0.05) is 35.7 Å². The molecule has 0 fully saturated rings. The van der Waals surface area contributed by atoms with Crippen molar-refractivity contribution in [2.75, 3.05) is 11.6 Å². The Morgan fingerprint density at radius 3 is 2.33 bits per heavy atom. The van der Waals surface area contributed by atoms with E-state index in [4.69, 9.17) is 0 Å². The van der Waals surface area contributed by atoms with Crippen LogP contribution in [0.15, 0.2) is 41.3 Å². The van der Waals surface area contributed by atoms with Gasteiger partial charge in [-0.1, -0.05) is 0 Å². The van der Waals surface area contributed by atoms with Crippen LogP contribution in [0, 0.1) is 21.7 Å². The molecule has 2 aromatic carbocycles. The summed E-state index contributed by atoms with van der Waals surface area (Å²) in [7, 11) is -3.79. The molecule has 2 rings (SSSR count). The Morgan fingerprint density at radius 2 is 1.79 bits per heavy atom. The van der Waals surface area contributed by atoms with E-state index in [0.29, 0.717) is 0 Å². The molecule has 0 spiro atoms. The SMILES string of the molecule is CS(=O)(=O)c1cc(C(=O)Nc2ccc(F)c(F)c2)cc([N+](=O)[O-])c1. The highest BCUT2D eigenvalue weighted by atomic mass is 32.2. The number of anilines is 1. The van der Waals surface area contributed by atoms with Crippen molar-refractivity contribution in [2.45, 2.75) is 4.90 Å². The van der Waals surface area contributed by atoms with Gasteiger partial charge in [-0.25, -0.2) is 17.2 Å². The number of carbonyl (C=O) groups is 1. The lowest BCUT2D eigenvalue weighted by Gasteiger charge is -2.07. The van der Waals surface area contributed by atoms with Crippen molar-refractivity contribution in [1.29, 1.82) is 0 Å². The number of rotatable bonds is 4. The lowest BCUT2D eigenvalue weighted by atomic mass is 10.2. The molecule has 0 aliphatic carbocycles. The van der Waals surface area contributed by atoms with E-state index < -0.39 is 42.9 Å². The first-order valence-electron chi connectivity index (χ1n) is 6.34. The van der Waals surface area contributed by atoms with Crippen LogP contribution in [0.3, 0.4) is 0 Å². The fraction of sp³-hybridized carbons (Fsp3) is 0.0714. The highest BCUT2D eigenvalue weighted by Crippen LogP contribution is 2.22. The summed E-state index contributed by atoms with van der Waals surface area (Å²) in [6.07, 6.45) is 0.836. The van der Waals surface area contributed by atoms with E-state index >= 15 is 0 Å². The standard InChI is InChI=1S/C14H10F2N2O5S/c1-24(22,23)11-5-8(4-10(7-11)18(20)21)14(19)17-9-2-3-12(15)13(16)6-9/h2-7H,1H3,(H,17,19). The fourth-order valence-corrected chi connectivity index (χ4v) is 2.49. The van der Waals surface area contributed by atoms with Crippen LogP contribution >= 0.6 is 0 Å². The van der Waals surface area contributed by atoms with Crippen LogP contribution in [-0.2, 0) is 9.84 Å². The largest absolute Gasteiger partial charge is 0.322 e. The summed E-state index contributed by atoms with van der Waals surface area (Å²) in [5.74, 6) is -3.21. The van der Waals surface area contributed by atoms with Crippen molar-refractivity contribution in [1.82, 2.24) is 0 Å². The molecule has 1 N–H and O–H groups in total. The second-order valence-corrected chi connectivity index (χ2v) is 6.84. The maximum absolute atomic E-state index is 13.1. The van der Waals surface area contributed by atoms with Crippen LogP contribution < -0.4 is 5.32 Å². The maximum Gasteiger partial charge on any atom is 0.271 e. The first kappa shape index (κ1) is 17.5. The molecule has 1 amide bonds. The van der Waals surface area contributed by atoms with Crippen molar-refractivity contribution in [2.24, 2.45) is 0 Å². The van der Waals surface area contributed by atoms with Gasteiger partial charge in [-0.15, -0.1) is 0 Å². The summed E-state index contributed by atoms with van der Waals surface area (Å²) in [6, 6.07) is 5.26. The first-order chi connectivity index (χ1) is 11.1. The lowest BCUT2D eigenvalue weighted by Crippen LogP contribution is -2.13. The Balaban J connectivity index is 2.42. The Labute approximate surface area is 135 Å². The highest BCUT2D eigenvalue weighted by molar-refractivity contribution is 7.90. The molecule has 0 unspecified atom stereocenters. The zero-order chi connectivity index (χ0) is 18.1. The molecule has 7 nitrogen and oxygen atoms in total. The Morgan fingerprint density at radius 1 is 1.12 bits per heavy atom. The number of hydrogen-bond acceptors (Lipinski definition) is 5. The number of carbonyl (C=O) groups excluding carboxylic acids is 1. The minimum atomic E-state index is -3.79. The Kier molecular flexibility index (Phi) is 4.60. The van der Waals surface area contributed by atoms with Gasteiger partial charge in [0.05, 0.1) is 9.82 Å². The average molecular weight is 356 g/mol. The molecular weight excluding hydrogens is 346 g/mol. The van der Waals surface area contributed by atoms with Crippen LogP contribution in [0.1, 0.15) is 10.4 Å². The molecule has 0 aliphatic rings. The molecule has 0 bridgehead atoms. The van der Waals surface area contributed by atoms with Gasteiger partial charge in [-0.3, -0.25) is 14.9 Å². The monoisotopic (exact) mass is 356 g/mol. The molecule has 0 saturated carbocycles. The van der Waals surface area contributed by atoms with Crippen LogP contribution in [0.25, 0.3) is 0 Å². The minimum absolute atomic E-state index is 0.0914. The summed E-state index contributed by atoms with van der Waals surface area (Å²) in [5.41, 5.74) is -0.992. The fourth-order valence-electron chi connectivity index (χ4n) is 1.81. The number of nitrogens with zero attached hydrogens (tertiary/aromatic N) is 1. The van der Waals surface area contributed by atoms with Gasteiger partial charge in [0.15, 0.2) is 21.5 Å². The van der Waals surface area contributed by atoms with Gasteiger partial charge >= 0.3 is 0 Å². The van der Waals surface area contributed by atoms with Crippen LogP contribution in [-0.4, -0.2) is 25.5 Å². The summed E-state index contributed by atoms with van der Waals surface area (Å²) < 4.78 is 49.1. The maximum atomic E-state index is 13.1. The second-order valence-electron chi connectivity index (χ2n) is 4.83. The number of hydrogen-bond donors (Lipinski definition) is 1. The van der Waals surface area contributed by atoms with E-state index in [0.717, 1.165) is 42.7 Å². The molecule has 0 saturated heterocycles. The van der Waals surface area contributed by atoms with Crippen molar-refractivity contribution in [3.8, 4) is 0 Å². The normalized spacial score (nSPS) is 11.1. The third-order valence-electron chi connectivity index (χ3n) is 2.97. The Hall–Kier alpha value is -2.88. The summed E-state index contributed by atoms with van der Waals surface area (Å²) in [4.78, 5) is 21.7.